The van der Waals surface area contributed by atoms with Crippen molar-refractivity contribution in [3.63, 3.8) is 0 Å². The van der Waals surface area contributed by atoms with Gasteiger partial charge >= 0.3 is 11.9 Å². The van der Waals surface area contributed by atoms with Crippen LogP contribution in [0.15, 0.2) is 268 Å². The summed E-state index contributed by atoms with van der Waals surface area (Å²) in [6.45, 7) is 0.922. The SMILES string of the molecule is COC(=O)c1cc2cc(Br)c(OC)cc2n(Cc2ccccn2)c1=O.COc1cc2c(cc1Br)cc(C(=O)O)c(=O)n2Cc1ccccn1.COc1cc2c(cc1Br)cc(C(O)(c1ccccc1)c1ccccc1)c(=O)n2Cc1ccccn1.COc1cc2c(cc1Br)cc(C=O)c(=O)n2Cc1ccccn1. The number of benzene rings is 6. The molecule has 0 saturated carbocycles. The second kappa shape index (κ2) is 34.6. The number of pyridine rings is 8. The van der Waals surface area contributed by atoms with E-state index in [4.69, 9.17) is 23.7 Å². The van der Waals surface area contributed by atoms with Crippen LogP contribution in [0.5, 0.6) is 23.0 Å². The number of carbonyl (C=O) groups excluding carboxylic acids is 2. The highest BCUT2D eigenvalue weighted by atomic mass is 79.9. The number of aromatic nitrogens is 8. The molecule has 0 saturated heterocycles. The summed E-state index contributed by atoms with van der Waals surface area (Å²) in [6.07, 6.45) is 7.23. The predicted octanol–water partition coefficient (Wildman–Crippen LogP) is 14.4. The van der Waals surface area contributed by atoms with E-state index in [1.807, 2.05) is 133 Å². The molecular weight excluding hydrogens is 1630 g/mol. The molecule has 0 unspecified atom stereocenters. The quantitative estimate of drug-likeness (QED) is 0.0596. The van der Waals surface area contributed by atoms with Crippen molar-refractivity contribution < 1.29 is 48.3 Å². The summed E-state index contributed by atoms with van der Waals surface area (Å²) >= 11 is 13.8. The van der Waals surface area contributed by atoms with Crippen molar-refractivity contribution in [2.24, 2.45) is 0 Å². The van der Waals surface area contributed by atoms with Gasteiger partial charge in [-0.3, -0.25) is 43.9 Å². The van der Waals surface area contributed by atoms with E-state index in [2.05, 4.69) is 83.7 Å². The summed E-state index contributed by atoms with van der Waals surface area (Å²) in [5, 5.41) is 24.6. The number of hydrogen-bond acceptors (Lipinski definition) is 17. The first-order chi connectivity index (χ1) is 51.7. The first-order valence-corrected chi connectivity index (χ1v) is 35.7. The lowest BCUT2D eigenvalue weighted by Gasteiger charge is -2.30. The first kappa shape index (κ1) is 76.6. The minimum atomic E-state index is -1.66. The summed E-state index contributed by atoms with van der Waals surface area (Å²) < 4.78 is 35.2. The Bertz CT molecular complexity index is 5840. The van der Waals surface area contributed by atoms with Crippen LogP contribution in [0.1, 0.15) is 70.5 Å². The zero-order chi connectivity index (χ0) is 76.1. The number of carbonyl (C=O) groups is 3. The number of carboxylic acids is 1. The van der Waals surface area contributed by atoms with Gasteiger partial charge in [0, 0.05) is 70.6 Å². The third-order valence-corrected chi connectivity index (χ3v) is 19.7. The molecule has 540 valence electrons. The third kappa shape index (κ3) is 16.9. The van der Waals surface area contributed by atoms with Crippen LogP contribution in [0.3, 0.4) is 0 Å². The second-order valence-electron chi connectivity index (χ2n) is 23.7. The molecule has 0 aliphatic carbocycles. The van der Waals surface area contributed by atoms with Crippen LogP contribution < -0.4 is 41.2 Å². The topological polar surface area (TPSA) is 277 Å². The van der Waals surface area contributed by atoms with Gasteiger partial charge in [-0.1, -0.05) is 84.9 Å². The normalized spacial score (nSPS) is 11.0. The summed E-state index contributed by atoms with van der Waals surface area (Å²) in [7, 11) is 7.48. The zero-order valence-corrected chi connectivity index (χ0v) is 64.1. The number of ether oxygens (including phenoxy) is 5. The van der Waals surface area contributed by atoms with E-state index in [1.54, 1.807) is 111 Å². The van der Waals surface area contributed by atoms with Crippen LogP contribution in [0.2, 0.25) is 0 Å². The average Bonchev–Trinajstić information content (AvgIpc) is 0.685. The van der Waals surface area contributed by atoms with Gasteiger partial charge in [-0.15, -0.1) is 0 Å². The van der Waals surface area contributed by atoms with Gasteiger partial charge in [-0.05, 0) is 172 Å². The number of fused-ring (bicyclic) bond motifs is 4. The van der Waals surface area contributed by atoms with Crippen molar-refractivity contribution in [1.82, 2.24) is 38.2 Å². The fraction of sp³-hybridized carbons (Fsp3) is 0.123. The molecule has 0 amide bonds. The van der Waals surface area contributed by atoms with Gasteiger partial charge in [0.15, 0.2) is 6.29 Å². The maximum Gasteiger partial charge on any atom is 0.343 e. The molecular formula is C81H64Br4N8O14. The molecule has 0 atom stereocenters. The summed E-state index contributed by atoms with van der Waals surface area (Å²) in [5.74, 6) is 0.441. The monoisotopic (exact) mass is 1690 g/mol. The molecule has 22 nitrogen and oxygen atoms in total. The van der Waals surface area contributed by atoms with Crippen LogP contribution >= 0.6 is 63.7 Å². The Hall–Kier alpha value is -11.6. The lowest BCUT2D eigenvalue weighted by Crippen LogP contribution is -2.38. The van der Waals surface area contributed by atoms with Crippen molar-refractivity contribution in [1.29, 1.82) is 0 Å². The van der Waals surface area contributed by atoms with Gasteiger partial charge in [0.2, 0.25) is 0 Å². The summed E-state index contributed by atoms with van der Waals surface area (Å²) in [6, 6.07) is 61.1. The van der Waals surface area contributed by atoms with Crippen molar-refractivity contribution in [3.05, 3.63) is 347 Å². The molecule has 0 aliphatic heterocycles. The standard InChI is InChI=1S/C29H23BrN2O3.C18H15BrN2O4.C17H13BrN2O4.C17H13BrN2O3/c1-35-27-18-26-20(17-25(27)30)16-24(28(33)32(26)19-23-14-8-9-15-31-23)29(34,21-10-4-2-5-11-21)22-12-6-3-7-13-22;1-24-16-9-15-11(8-14(16)19)7-13(18(23)25-2)17(22)21(15)10-12-5-3-4-6-20-12;1-24-15-8-14-10(7-13(15)18)6-12(17(22)23)16(21)20(14)9-11-4-2-3-5-19-11;1-23-16-8-15-11(7-14(16)18)6-12(10-21)17(22)20(15)9-13-4-2-3-5-19-13/h2-18,34H,19H2,1H3;3-9H,10H2,1-2H3;2-8H,9H2,1H3,(H,22,23);2-8,10H,9H2,1H3. The maximum atomic E-state index is 14.2. The molecule has 14 rings (SSSR count). The van der Waals surface area contributed by atoms with Gasteiger partial charge < -0.3 is 52.2 Å². The Morgan fingerprint density at radius 1 is 0.402 bits per heavy atom. The van der Waals surface area contributed by atoms with Crippen LogP contribution in [0.25, 0.3) is 43.6 Å². The van der Waals surface area contributed by atoms with Crippen molar-refractivity contribution in [2.45, 2.75) is 31.8 Å². The average molecular weight is 1690 g/mol. The molecule has 2 N–H and O–H groups in total. The number of esters is 1. The largest absolute Gasteiger partial charge is 0.495 e. The molecule has 8 heterocycles. The van der Waals surface area contributed by atoms with E-state index in [0.29, 0.717) is 89.1 Å². The molecule has 0 spiro atoms. The van der Waals surface area contributed by atoms with E-state index in [0.717, 1.165) is 35.6 Å². The summed E-state index contributed by atoms with van der Waals surface area (Å²) in [5.41, 5.74) is 3.40. The molecule has 8 aromatic heterocycles. The van der Waals surface area contributed by atoms with Crippen LogP contribution in [-0.4, -0.2) is 102 Å². The molecule has 0 bridgehead atoms. The zero-order valence-electron chi connectivity index (χ0n) is 57.7. The molecule has 14 aromatic rings. The number of halogens is 4. The van der Waals surface area contributed by atoms with E-state index in [-0.39, 0.29) is 59.6 Å². The molecule has 107 heavy (non-hydrogen) atoms. The number of methoxy groups -OCH3 is 5. The lowest BCUT2D eigenvalue weighted by molar-refractivity contribution is 0.0597. The van der Waals surface area contributed by atoms with E-state index in [9.17, 15) is 43.8 Å². The minimum absolute atomic E-state index is 0.0250. The number of aromatic carboxylic acids is 1. The number of hydrogen-bond donors (Lipinski definition) is 2. The fourth-order valence-electron chi connectivity index (χ4n) is 12.0. The van der Waals surface area contributed by atoms with E-state index >= 15 is 0 Å². The predicted molar refractivity (Wildman–Crippen MR) is 422 cm³/mol. The molecule has 0 aliphatic rings. The van der Waals surface area contributed by atoms with Gasteiger partial charge in [0.05, 0.1) is 136 Å². The number of nitrogens with zero attached hydrogens (tertiary/aromatic N) is 8. The highest BCUT2D eigenvalue weighted by molar-refractivity contribution is 9.11. The maximum absolute atomic E-state index is 14.2. The molecule has 0 radical (unpaired) electrons. The Morgan fingerprint density at radius 2 is 0.710 bits per heavy atom. The molecule has 0 fully saturated rings. The van der Waals surface area contributed by atoms with E-state index < -0.39 is 28.7 Å². The van der Waals surface area contributed by atoms with Gasteiger partial charge in [0.1, 0.15) is 39.7 Å². The van der Waals surface area contributed by atoms with Crippen LogP contribution in [0, 0.1) is 0 Å². The van der Waals surface area contributed by atoms with Crippen LogP contribution in [-0.2, 0) is 36.5 Å². The Balaban J connectivity index is 0.000000144. The molecule has 6 aromatic carbocycles. The van der Waals surface area contributed by atoms with Gasteiger partial charge in [-0.25, -0.2) is 9.59 Å². The van der Waals surface area contributed by atoms with E-state index in [1.165, 1.54) is 40.1 Å². The van der Waals surface area contributed by atoms with Gasteiger partial charge in [-0.2, -0.15) is 0 Å². The number of aliphatic hydroxyl groups is 1. The fourth-order valence-corrected chi connectivity index (χ4v) is 14.1. The van der Waals surface area contributed by atoms with Crippen molar-refractivity contribution in [2.75, 3.05) is 35.5 Å². The Kier molecular flexibility index (Phi) is 24.7. The minimum Gasteiger partial charge on any atom is -0.495 e. The van der Waals surface area contributed by atoms with Crippen molar-refractivity contribution >= 4 is 126 Å². The smallest absolute Gasteiger partial charge is 0.343 e. The summed E-state index contributed by atoms with van der Waals surface area (Å²) in [4.78, 5) is 104. The van der Waals surface area contributed by atoms with Gasteiger partial charge in [0.25, 0.3) is 22.2 Å². The lowest BCUT2D eigenvalue weighted by atomic mass is 9.80. The number of aldehydes is 1. The Morgan fingerprint density at radius 3 is 1.03 bits per heavy atom. The Labute approximate surface area is 644 Å². The van der Waals surface area contributed by atoms with Crippen LogP contribution in [0.4, 0.5) is 0 Å². The highest BCUT2D eigenvalue weighted by Gasteiger charge is 2.37. The third-order valence-electron chi connectivity index (χ3n) is 17.2. The van der Waals surface area contributed by atoms with Crippen molar-refractivity contribution in [3.8, 4) is 23.0 Å². The highest BCUT2D eigenvalue weighted by Crippen LogP contribution is 2.39. The number of carboxylic acid groups (broad SMARTS) is 1. The first-order valence-electron chi connectivity index (χ1n) is 32.6. The molecule has 26 heteroatoms. The second-order valence-corrected chi connectivity index (χ2v) is 27.1. The number of rotatable bonds is 18.